The van der Waals surface area contributed by atoms with Crippen LogP contribution in [0.5, 0.6) is 0 Å². The first-order valence-corrected chi connectivity index (χ1v) is 11.3. The van der Waals surface area contributed by atoms with E-state index in [1.54, 1.807) is 12.1 Å². The monoisotopic (exact) mass is 430 g/mol. The van der Waals surface area contributed by atoms with Gasteiger partial charge in [-0.15, -0.1) is 0 Å². The van der Waals surface area contributed by atoms with Crippen LogP contribution in [0, 0.1) is 17.0 Å². The fourth-order valence-electron chi connectivity index (χ4n) is 3.95. The van der Waals surface area contributed by atoms with Crippen LogP contribution < -0.4 is 10.2 Å². The number of nitrogens with one attached hydrogen (secondary N) is 1. The zero-order chi connectivity index (χ0) is 21.1. The van der Waals surface area contributed by atoms with Crippen LogP contribution >= 0.6 is 11.3 Å². The fraction of sp³-hybridized carbons (Fsp3) is 0.524. The number of nitro groups is 1. The Hall–Kier alpha value is -2.52. The molecule has 2 fully saturated rings. The number of rotatable bonds is 7. The third-order valence-corrected chi connectivity index (χ3v) is 6.84. The van der Waals surface area contributed by atoms with Gasteiger partial charge in [0, 0.05) is 37.9 Å². The summed E-state index contributed by atoms with van der Waals surface area (Å²) in [6.45, 7) is 4.98. The van der Waals surface area contributed by atoms with E-state index in [9.17, 15) is 14.9 Å². The Labute approximate surface area is 179 Å². The summed E-state index contributed by atoms with van der Waals surface area (Å²) in [6, 6.07) is 4.62. The number of benzene rings is 1. The maximum absolute atomic E-state index is 13.1. The van der Waals surface area contributed by atoms with Crippen molar-refractivity contribution in [2.45, 2.75) is 45.1 Å². The molecule has 4 rings (SSSR count). The molecule has 0 aliphatic carbocycles. The molecule has 160 valence electrons. The number of aromatic nitrogens is 1. The molecule has 2 aliphatic heterocycles. The summed E-state index contributed by atoms with van der Waals surface area (Å²) in [6.07, 6.45) is 5.52. The van der Waals surface area contributed by atoms with Gasteiger partial charge in [-0.3, -0.25) is 14.9 Å². The number of carbonyl (C=O) groups is 1. The highest BCUT2D eigenvalue weighted by Gasteiger charge is 2.24. The van der Waals surface area contributed by atoms with Gasteiger partial charge in [-0.05, 0) is 51.2 Å². The number of hydrogen-bond donors (Lipinski definition) is 1. The Morgan fingerprint density at radius 3 is 2.83 bits per heavy atom. The van der Waals surface area contributed by atoms with Crippen molar-refractivity contribution in [1.82, 2.24) is 4.98 Å². The van der Waals surface area contributed by atoms with Crippen molar-refractivity contribution in [3.8, 4) is 0 Å². The van der Waals surface area contributed by atoms with E-state index < -0.39 is 4.92 Å². The lowest BCUT2D eigenvalue weighted by atomic mass is 10.1. The van der Waals surface area contributed by atoms with Gasteiger partial charge >= 0.3 is 0 Å². The normalized spacial score (nSPS) is 19.1. The second-order valence-electron chi connectivity index (χ2n) is 7.79. The van der Waals surface area contributed by atoms with E-state index in [1.807, 2.05) is 6.92 Å². The first-order valence-electron chi connectivity index (χ1n) is 10.4. The van der Waals surface area contributed by atoms with Crippen LogP contribution in [0.25, 0.3) is 0 Å². The molecular weight excluding hydrogens is 404 g/mol. The van der Waals surface area contributed by atoms with E-state index in [-0.39, 0.29) is 17.6 Å². The number of hydrogen-bond acceptors (Lipinski definition) is 8. The minimum atomic E-state index is -0.451. The summed E-state index contributed by atoms with van der Waals surface area (Å²) in [5.74, 6) is -0.220. The van der Waals surface area contributed by atoms with Gasteiger partial charge < -0.3 is 15.0 Å². The van der Waals surface area contributed by atoms with Gasteiger partial charge in [0.15, 0.2) is 5.13 Å². The van der Waals surface area contributed by atoms with Crippen molar-refractivity contribution in [3.05, 3.63) is 44.4 Å². The molecule has 9 heteroatoms. The number of aryl methyl sites for hydroxylation is 1. The fourth-order valence-corrected chi connectivity index (χ4v) is 5.03. The first kappa shape index (κ1) is 20.7. The molecule has 8 nitrogen and oxygen atoms in total. The first-order chi connectivity index (χ1) is 14.5. The highest BCUT2D eigenvalue weighted by Crippen LogP contribution is 2.32. The van der Waals surface area contributed by atoms with Gasteiger partial charge in [-0.1, -0.05) is 11.3 Å². The number of ether oxygens (including phenoxy) is 1. The van der Waals surface area contributed by atoms with Crippen molar-refractivity contribution in [2.75, 3.05) is 36.5 Å². The van der Waals surface area contributed by atoms with Crippen LogP contribution in [0.1, 0.15) is 53.0 Å². The van der Waals surface area contributed by atoms with Crippen LogP contribution in [-0.2, 0) is 4.74 Å². The lowest BCUT2D eigenvalue weighted by Gasteiger charge is -2.25. The van der Waals surface area contributed by atoms with Crippen molar-refractivity contribution in [3.63, 3.8) is 0 Å². The standard InChI is InChI=1S/C21H26N4O4S/c1-14-20(30-21(23-14)24-9-3-2-4-10-24)19(26)15-7-8-17(18(12-15)25(27)28)22-13-16-6-5-11-29-16/h7-8,12,16,22H,2-6,9-11,13H2,1H3/t16-/m0/s1. The largest absolute Gasteiger partial charge is 0.377 e. The molecule has 30 heavy (non-hydrogen) atoms. The number of anilines is 2. The molecule has 1 aromatic heterocycles. The molecule has 1 N–H and O–H groups in total. The summed E-state index contributed by atoms with van der Waals surface area (Å²) in [7, 11) is 0. The van der Waals surface area contributed by atoms with Crippen molar-refractivity contribution in [1.29, 1.82) is 0 Å². The summed E-state index contributed by atoms with van der Waals surface area (Å²) in [5.41, 5.74) is 1.29. The van der Waals surface area contributed by atoms with Crippen LogP contribution in [0.15, 0.2) is 18.2 Å². The van der Waals surface area contributed by atoms with Gasteiger partial charge in [0.05, 0.1) is 21.6 Å². The van der Waals surface area contributed by atoms with Crippen molar-refractivity contribution < 1.29 is 14.5 Å². The molecule has 0 saturated carbocycles. The number of nitro benzene ring substituents is 1. The Morgan fingerprint density at radius 2 is 2.13 bits per heavy atom. The van der Waals surface area contributed by atoms with Crippen LogP contribution in [0.4, 0.5) is 16.5 Å². The number of ketones is 1. The molecule has 2 saturated heterocycles. The van der Waals surface area contributed by atoms with Crippen molar-refractivity contribution in [2.24, 2.45) is 0 Å². The van der Waals surface area contributed by atoms with Gasteiger partial charge in [-0.2, -0.15) is 0 Å². The highest BCUT2D eigenvalue weighted by molar-refractivity contribution is 7.17. The number of nitrogens with zero attached hydrogens (tertiary/aromatic N) is 3. The predicted octanol–water partition coefficient (Wildman–Crippen LogP) is 4.17. The zero-order valence-corrected chi connectivity index (χ0v) is 17.9. The molecule has 3 heterocycles. The van der Waals surface area contributed by atoms with Crippen LogP contribution in [-0.4, -0.2) is 48.0 Å². The quantitative estimate of drug-likeness (QED) is 0.400. The van der Waals surface area contributed by atoms with E-state index >= 15 is 0 Å². The Bertz CT molecular complexity index is 933. The number of piperidine rings is 1. The Kier molecular flexibility index (Phi) is 6.29. The summed E-state index contributed by atoms with van der Waals surface area (Å²) >= 11 is 1.38. The molecule has 0 unspecified atom stereocenters. The minimum Gasteiger partial charge on any atom is -0.377 e. The molecular formula is C21H26N4O4S. The van der Waals surface area contributed by atoms with Gasteiger partial charge in [-0.25, -0.2) is 4.98 Å². The van der Waals surface area contributed by atoms with E-state index in [2.05, 4.69) is 15.2 Å². The average Bonchev–Trinajstić information content (AvgIpc) is 3.42. The molecule has 0 radical (unpaired) electrons. The second-order valence-corrected chi connectivity index (χ2v) is 8.77. The third-order valence-electron chi connectivity index (χ3n) is 5.62. The summed E-state index contributed by atoms with van der Waals surface area (Å²) < 4.78 is 5.56. The second kappa shape index (κ2) is 9.09. The third kappa shape index (κ3) is 4.46. The highest BCUT2D eigenvalue weighted by atomic mass is 32.1. The zero-order valence-electron chi connectivity index (χ0n) is 17.1. The maximum Gasteiger partial charge on any atom is 0.293 e. The topological polar surface area (TPSA) is 97.6 Å². The number of carbonyl (C=O) groups excluding carboxylic acids is 1. The van der Waals surface area contributed by atoms with E-state index in [0.717, 1.165) is 50.5 Å². The van der Waals surface area contributed by atoms with Gasteiger partial charge in [0.2, 0.25) is 5.78 Å². The average molecular weight is 431 g/mol. The SMILES string of the molecule is Cc1nc(N2CCCCC2)sc1C(=O)c1ccc(NC[C@@H]2CCCO2)c([N+](=O)[O-])c1. The molecule has 1 atom stereocenters. The summed E-state index contributed by atoms with van der Waals surface area (Å²) in [4.78, 5) is 31.6. The minimum absolute atomic E-state index is 0.0685. The van der Waals surface area contributed by atoms with E-state index in [4.69, 9.17) is 4.74 Å². The van der Waals surface area contributed by atoms with Crippen LogP contribution in [0.2, 0.25) is 0 Å². The molecule has 2 aromatic rings. The number of thiazole rings is 1. The van der Waals surface area contributed by atoms with Crippen molar-refractivity contribution >= 4 is 33.6 Å². The Morgan fingerprint density at radius 1 is 1.33 bits per heavy atom. The molecule has 1 aromatic carbocycles. The maximum atomic E-state index is 13.1. The smallest absolute Gasteiger partial charge is 0.293 e. The van der Waals surface area contributed by atoms with Gasteiger partial charge in [0.25, 0.3) is 5.69 Å². The van der Waals surface area contributed by atoms with E-state index in [0.29, 0.717) is 28.4 Å². The summed E-state index contributed by atoms with van der Waals surface area (Å²) in [5, 5.41) is 15.6. The lowest BCUT2D eigenvalue weighted by molar-refractivity contribution is -0.384. The van der Waals surface area contributed by atoms with Crippen LogP contribution in [0.3, 0.4) is 0 Å². The van der Waals surface area contributed by atoms with Gasteiger partial charge in [0.1, 0.15) is 5.69 Å². The molecule has 0 spiro atoms. The molecule has 2 aliphatic rings. The molecule has 0 amide bonds. The Balaban J connectivity index is 1.54. The predicted molar refractivity (Wildman–Crippen MR) is 117 cm³/mol. The molecule has 0 bridgehead atoms. The lowest BCUT2D eigenvalue weighted by Crippen LogP contribution is -2.29. The van der Waals surface area contributed by atoms with E-state index in [1.165, 1.54) is 23.8 Å².